The Morgan fingerprint density at radius 2 is 1.52 bits per heavy atom. The maximum Gasteiger partial charge on any atom is 0.328 e. The molecule has 5 heteroatoms. The molecule has 0 radical (unpaired) electrons. The van der Waals surface area contributed by atoms with Gasteiger partial charge in [-0.15, -0.1) is 0 Å². The minimum Gasteiger partial charge on any atom is -0.320 e. The normalized spacial score (nSPS) is 12.8. The zero-order chi connectivity index (χ0) is 15.1. The Kier molecular flexibility index (Phi) is 3.35. The van der Waals surface area contributed by atoms with Crippen LogP contribution in [-0.2, 0) is 14.1 Å². The van der Waals surface area contributed by atoms with Gasteiger partial charge in [-0.1, -0.05) is 29.8 Å². The van der Waals surface area contributed by atoms with Gasteiger partial charge in [0.05, 0.1) is 17.1 Å². The Morgan fingerprint density at radius 3 is 2.19 bits per heavy atom. The van der Waals surface area contributed by atoms with Crippen LogP contribution >= 0.6 is 11.6 Å². The zero-order valence-electron chi connectivity index (χ0n) is 11.9. The van der Waals surface area contributed by atoms with Gasteiger partial charge in [0.1, 0.15) is 0 Å². The lowest BCUT2D eigenvalue weighted by Crippen LogP contribution is -2.19. The van der Waals surface area contributed by atoms with Crippen LogP contribution in [0.2, 0.25) is 5.02 Å². The van der Waals surface area contributed by atoms with E-state index in [9.17, 15) is 4.79 Å². The predicted molar refractivity (Wildman–Crippen MR) is 85.6 cm³/mol. The summed E-state index contributed by atoms with van der Waals surface area (Å²) >= 11 is 5.90. The van der Waals surface area contributed by atoms with Crippen LogP contribution in [0.15, 0.2) is 47.3 Å². The Hall–Kier alpha value is -2.04. The lowest BCUT2D eigenvalue weighted by Gasteiger charge is -2.13. The number of nitrogens with zero attached hydrogens (tertiary/aromatic N) is 2. The number of aromatic nitrogens is 2. The summed E-state index contributed by atoms with van der Waals surface area (Å²) < 4.78 is 3.26. The van der Waals surface area contributed by atoms with Crippen molar-refractivity contribution in [2.45, 2.75) is 6.04 Å². The van der Waals surface area contributed by atoms with Crippen LogP contribution < -0.4 is 11.4 Å². The topological polar surface area (TPSA) is 53.0 Å². The van der Waals surface area contributed by atoms with Crippen LogP contribution in [0.4, 0.5) is 0 Å². The summed E-state index contributed by atoms with van der Waals surface area (Å²) in [4.78, 5) is 12.0. The van der Waals surface area contributed by atoms with Gasteiger partial charge >= 0.3 is 5.69 Å². The molecule has 0 aliphatic rings. The van der Waals surface area contributed by atoms with Crippen LogP contribution in [0.1, 0.15) is 17.2 Å². The molecule has 3 aromatic rings. The first-order valence-corrected chi connectivity index (χ1v) is 7.03. The SMILES string of the molecule is Cn1c(=O)n(C)c2cc(C(N)c3ccc(Cl)cc3)ccc21. The summed E-state index contributed by atoms with van der Waals surface area (Å²) in [6, 6.07) is 13.1. The fourth-order valence-electron chi connectivity index (χ4n) is 2.58. The van der Waals surface area contributed by atoms with E-state index in [-0.39, 0.29) is 11.7 Å². The second-order valence-corrected chi connectivity index (χ2v) is 5.61. The molecule has 0 aliphatic heterocycles. The molecule has 1 atom stereocenters. The van der Waals surface area contributed by atoms with Crippen molar-refractivity contribution in [3.63, 3.8) is 0 Å². The lowest BCUT2D eigenvalue weighted by atomic mass is 9.99. The summed E-state index contributed by atoms with van der Waals surface area (Å²) in [5.41, 5.74) is 10.0. The monoisotopic (exact) mass is 301 g/mol. The summed E-state index contributed by atoms with van der Waals surface area (Å²) in [5.74, 6) is 0. The van der Waals surface area contributed by atoms with Gasteiger partial charge < -0.3 is 5.73 Å². The molecule has 1 unspecified atom stereocenters. The van der Waals surface area contributed by atoms with Crippen molar-refractivity contribution in [1.29, 1.82) is 0 Å². The Morgan fingerprint density at radius 1 is 0.952 bits per heavy atom. The molecule has 0 amide bonds. The van der Waals surface area contributed by atoms with Crippen LogP contribution in [-0.4, -0.2) is 9.13 Å². The molecule has 4 nitrogen and oxygen atoms in total. The van der Waals surface area contributed by atoms with Gasteiger partial charge in [0, 0.05) is 19.1 Å². The minimum atomic E-state index is -0.248. The number of imidazole rings is 1. The van der Waals surface area contributed by atoms with E-state index in [1.165, 1.54) is 0 Å². The van der Waals surface area contributed by atoms with E-state index in [2.05, 4.69) is 0 Å². The number of benzene rings is 2. The molecule has 0 spiro atoms. The molecule has 2 N–H and O–H groups in total. The number of fused-ring (bicyclic) bond motifs is 1. The standard InChI is InChI=1S/C16H16ClN3O/c1-19-13-8-5-11(9-14(13)20(2)16(19)21)15(18)10-3-6-12(17)7-4-10/h3-9,15H,18H2,1-2H3. The summed E-state index contributed by atoms with van der Waals surface area (Å²) in [7, 11) is 3.53. The molecule has 0 fully saturated rings. The quantitative estimate of drug-likeness (QED) is 0.791. The first-order valence-electron chi connectivity index (χ1n) is 6.65. The molecule has 2 aromatic carbocycles. The first-order chi connectivity index (χ1) is 9.99. The van der Waals surface area contributed by atoms with E-state index in [0.29, 0.717) is 5.02 Å². The van der Waals surface area contributed by atoms with Crippen LogP contribution in [0.3, 0.4) is 0 Å². The van der Waals surface area contributed by atoms with E-state index in [1.807, 2.05) is 42.5 Å². The third-order valence-electron chi connectivity index (χ3n) is 3.88. The van der Waals surface area contributed by atoms with E-state index < -0.39 is 0 Å². The van der Waals surface area contributed by atoms with Crippen molar-refractivity contribution in [2.75, 3.05) is 0 Å². The average Bonchev–Trinajstić information content (AvgIpc) is 2.72. The fourth-order valence-corrected chi connectivity index (χ4v) is 2.71. The highest BCUT2D eigenvalue weighted by molar-refractivity contribution is 6.30. The molecular weight excluding hydrogens is 286 g/mol. The third kappa shape index (κ3) is 2.26. The van der Waals surface area contributed by atoms with Crippen molar-refractivity contribution in [3.8, 4) is 0 Å². The fraction of sp³-hybridized carbons (Fsp3) is 0.188. The van der Waals surface area contributed by atoms with E-state index in [1.54, 1.807) is 23.2 Å². The van der Waals surface area contributed by atoms with Gasteiger partial charge in [0.2, 0.25) is 0 Å². The van der Waals surface area contributed by atoms with Gasteiger partial charge in [0.25, 0.3) is 0 Å². The van der Waals surface area contributed by atoms with Gasteiger partial charge in [-0.3, -0.25) is 9.13 Å². The Labute approximate surface area is 127 Å². The highest BCUT2D eigenvalue weighted by Gasteiger charge is 2.13. The van der Waals surface area contributed by atoms with Crippen LogP contribution in [0, 0.1) is 0 Å². The van der Waals surface area contributed by atoms with Crippen molar-refractivity contribution in [3.05, 3.63) is 69.1 Å². The van der Waals surface area contributed by atoms with Crippen molar-refractivity contribution >= 4 is 22.6 Å². The van der Waals surface area contributed by atoms with Gasteiger partial charge in [-0.2, -0.15) is 0 Å². The molecule has 0 aliphatic carbocycles. The predicted octanol–water partition coefficient (Wildman–Crippen LogP) is 2.58. The maximum atomic E-state index is 12.0. The average molecular weight is 302 g/mol. The Balaban J connectivity index is 2.10. The minimum absolute atomic E-state index is 0.0396. The summed E-state index contributed by atoms with van der Waals surface area (Å²) in [6.07, 6.45) is 0. The largest absolute Gasteiger partial charge is 0.328 e. The van der Waals surface area contributed by atoms with Gasteiger partial charge in [0.15, 0.2) is 0 Å². The van der Waals surface area contributed by atoms with Gasteiger partial charge in [-0.05, 0) is 35.4 Å². The number of nitrogens with two attached hydrogens (primary N) is 1. The van der Waals surface area contributed by atoms with Gasteiger partial charge in [-0.25, -0.2) is 4.79 Å². The first kappa shape index (κ1) is 13.9. The number of halogens is 1. The lowest BCUT2D eigenvalue weighted by molar-refractivity contribution is 0.795. The zero-order valence-corrected chi connectivity index (χ0v) is 12.6. The smallest absolute Gasteiger partial charge is 0.320 e. The van der Waals surface area contributed by atoms with Crippen molar-refractivity contribution in [2.24, 2.45) is 19.8 Å². The highest BCUT2D eigenvalue weighted by atomic mass is 35.5. The number of aryl methyl sites for hydroxylation is 2. The Bertz CT molecular complexity index is 862. The van der Waals surface area contributed by atoms with E-state index in [0.717, 1.165) is 22.2 Å². The summed E-state index contributed by atoms with van der Waals surface area (Å²) in [5, 5.41) is 0.687. The van der Waals surface area contributed by atoms with Crippen LogP contribution in [0.25, 0.3) is 11.0 Å². The number of hydrogen-bond donors (Lipinski definition) is 1. The number of rotatable bonds is 2. The molecule has 0 bridgehead atoms. The number of hydrogen-bond acceptors (Lipinski definition) is 2. The third-order valence-corrected chi connectivity index (χ3v) is 4.14. The summed E-state index contributed by atoms with van der Waals surface area (Å²) in [6.45, 7) is 0. The van der Waals surface area contributed by atoms with E-state index >= 15 is 0 Å². The molecule has 3 rings (SSSR count). The molecule has 21 heavy (non-hydrogen) atoms. The highest BCUT2D eigenvalue weighted by Crippen LogP contribution is 2.24. The second-order valence-electron chi connectivity index (χ2n) is 5.18. The molecular formula is C16H16ClN3O. The second kappa shape index (κ2) is 5.06. The molecule has 0 saturated carbocycles. The van der Waals surface area contributed by atoms with Crippen molar-refractivity contribution in [1.82, 2.24) is 9.13 Å². The molecule has 108 valence electrons. The molecule has 0 saturated heterocycles. The van der Waals surface area contributed by atoms with E-state index in [4.69, 9.17) is 17.3 Å². The molecule has 1 heterocycles. The maximum absolute atomic E-state index is 12.0. The van der Waals surface area contributed by atoms with Crippen LogP contribution in [0.5, 0.6) is 0 Å². The van der Waals surface area contributed by atoms with Crippen molar-refractivity contribution < 1.29 is 0 Å². The molecule has 1 aromatic heterocycles.